The van der Waals surface area contributed by atoms with E-state index in [2.05, 4.69) is 0 Å². The lowest BCUT2D eigenvalue weighted by molar-refractivity contribution is 0.0526. The molecule has 0 saturated carbocycles. The minimum atomic E-state index is -0.503. The third kappa shape index (κ3) is 2.53. The van der Waals surface area contributed by atoms with Crippen molar-refractivity contribution in [2.24, 2.45) is 0 Å². The summed E-state index contributed by atoms with van der Waals surface area (Å²) in [4.78, 5) is 11.6. The van der Waals surface area contributed by atoms with Crippen LogP contribution in [-0.4, -0.2) is 12.6 Å². The van der Waals surface area contributed by atoms with Gasteiger partial charge in [0.15, 0.2) is 0 Å². The van der Waals surface area contributed by atoms with Crippen LogP contribution < -0.4 is 0 Å². The predicted molar refractivity (Wildman–Crippen MR) is 61.5 cm³/mol. The summed E-state index contributed by atoms with van der Waals surface area (Å²) in [5, 5.41) is 9.23. The molecule has 0 saturated heterocycles. The molecule has 0 bridgehead atoms. The molecule has 84 valence electrons. The number of nitrogens with zero attached hydrogens (tertiary/aromatic N) is 1. The maximum absolute atomic E-state index is 11.6. The first-order chi connectivity index (χ1) is 7.63. The highest BCUT2D eigenvalue weighted by molar-refractivity contribution is 6.32. The zero-order valence-corrected chi connectivity index (χ0v) is 9.97. The van der Waals surface area contributed by atoms with Crippen molar-refractivity contribution in [2.45, 2.75) is 20.3 Å². The Balaban J connectivity index is 3.29. The van der Waals surface area contributed by atoms with Gasteiger partial charge < -0.3 is 4.74 Å². The molecule has 0 amide bonds. The van der Waals surface area contributed by atoms with Gasteiger partial charge in [-0.25, -0.2) is 4.79 Å². The average molecular weight is 238 g/mol. The maximum Gasteiger partial charge on any atom is 0.339 e. The Bertz CT molecular complexity index is 449. The molecular weight excluding hydrogens is 226 g/mol. The Hall–Kier alpha value is -1.53. The van der Waals surface area contributed by atoms with E-state index in [1.54, 1.807) is 19.1 Å². The third-order valence-electron chi connectivity index (χ3n) is 2.17. The lowest BCUT2D eigenvalue weighted by Crippen LogP contribution is -2.08. The number of carbonyl (C=O) groups is 1. The van der Waals surface area contributed by atoms with Crippen LogP contribution in [0.25, 0.3) is 0 Å². The summed E-state index contributed by atoms with van der Waals surface area (Å²) in [5.41, 5.74) is 1.33. The molecule has 0 atom stereocenters. The van der Waals surface area contributed by atoms with Crippen LogP contribution in [-0.2, 0) is 11.2 Å². The molecule has 1 aromatic rings. The minimum absolute atomic E-state index is 0.178. The number of hydrogen-bond acceptors (Lipinski definition) is 3. The van der Waals surface area contributed by atoms with Crippen molar-refractivity contribution in [2.75, 3.05) is 6.61 Å². The van der Waals surface area contributed by atoms with Crippen molar-refractivity contribution in [3.63, 3.8) is 0 Å². The smallest absolute Gasteiger partial charge is 0.339 e. The summed E-state index contributed by atoms with van der Waals surface area (Å²) in [6, 6.07) is 5.27. The number of carbonyl (C=O) groups excluding carboxylic acids is 1. The van der Waals surface area contributed by atoms with Gasteiger partial charge >= 0.3 is 5.97 Å². The quantitative estimate of drug-likeness (QED) is 0.760. The summed E-state index contributed by atoms with van der Waals surface area (Å²) >= 11 is 5.93. The summed E-state index contributed by atoms with van der Waals surface area (Å²) in [5.74, 6) is -0.503. The Morgan fingerprint density at radius 2 is 2.19 bits per heavy atom. The second-order valence-corrected chi connectivity index (χ2v) is 3.59. The zero-order chi connectivity index (χ0) is 12.1. The summed E-state index contributed by atoms with van der Waals surface area (Å²) < 4.78 is 4.88. The Morgan fingerprint density at radius 3 is 2.69 bits per heavy atom. The number of aryl methyl sites for hydroxylation is 1. The first-order valence-corrected chi connectivity index (χ1v) is 5.41. The fourth-order valence-corrected chi connectivity index (χ4v) is 1.63. The van der Waals surface area contributed by atoms with Crippen LogP contribution in [0.2, 0.25) is 5.02 Å². The van der Waals surface area contributed by atoms with Crippen LogP contribution in [0, 0.1) is 11.3 Å². The molecule has 0 N–H and O–H groups in total. The summed E-state index contributed by atoms with van der Waals surface area (Å²) in [6.07, 6.45) is 0.748. The van der Waals surface area contributed by atoms with E-state index in [1.807, 2.05) is 13.0 Å². The van der Waals surface area contributed by atoms with E-state index in [-0.39, 0.29) is 17.7 Å². The van der Waals surface area contributed by atoms with E-state index < -0.39 is 5.97 Å². The van der Waals surface area contributed by atoms with Gasteiger partial charge in [-0.2, -0.15) is 5.26 Å². The number of rotatable bonds is 3. The van der Waals surface area contributed by atoms with E-state index in [1.165, 1.54) is 0 Å². The fraction of sp³-hybridized carbons (Fsp3) is 0.333. The Labute approximate surface area is 99.6 Å². The minimum Gasteiger partial charge on any atom is -0.462 e. The molecule has 0 aliphatic carbocycles. The highest BCUT2D eigenvalue weighted by atomic mass is 35.5. The highest BCUT2D eigenvalue weighted by Gasteiger charge is 2.16. The normalized spacial score (nSPS) is 9.62. The van der Waals surface area contributed by atoms with Crippen molar-refractivity contribution in [3.8, 4) is 6.07 Å². The van der Waals surface area contributed by atoms with Gasteiger partial charge in [-0.15, -0.1) is 0 Å². The van der Waals surface area contributed by atoms with Crippen molar-refractivity contribution < 1.29 is 9.53 Å². The summed E-state index contributed by atoms with van der Waals surface area (Å²) in [6.45, 7) is 3.94. The molecule has 1 aromatic carbocycles. The van der Waals surface area contributed by atoms with Gasteiger partial charge in [0.2, 0.25) is 0 Å². The van der Waals surface area contributed by atoms with Gasteiger partial charge in [0.1, 0.15) is 6.07 Å². The molecule has 0 aromatic heterocycles. The fourth-order valence-electron chi connectivity index (χ4n) is 1.35. The maximum atomic E-state index is 11.6. The number of benzene rings is 1. The molecule has 16 heavy (non-hydrogen) atoms. The van der Waals surface area contributed by atoms with Crippen molar-refractivity contribution in [1.29, 1.82) is 5.26 Å². The molecule has 3 nitrogen and oxygen atoms in total. The highest BCUT2D eigenvalue weighted by Crippen LogP contribution is 2.23. The Morgan fingerprint density at radius 1 is 1.50 bits per heavy atom. The van der Waals surface area contributed by atoms with Crippen LogP contribution in [0.15, 0.2) is 12.1 Å². The van der Waals surface area contributed by atoms with E-state index in [0.717, 1.165) is 12.0 Å². The standard InChI is InChI=1S/C12H12ClNO2/c1-3-8-5-9(12(15)16-4-2)10(7-14)11(13)6-8/h5-6H,3-4H2,1-2H3. The van der Waals surface area contributed by atoms with E-state index in [0.29, 0.717) is 5.02 Å². The monoisotopic (exact) mass is 237 g/mol. The predicted octanol–water partition coefficient (Wildman–Crippen LogP) is 2.95. The van der Waals surface area contributed by atoms with Gasteiger partial charge in [0, 0.05) is 0 Å². The SMILES string of the molecule is CCOC(=O)c1cc(CC)cc(Cl)c1C#N. The van der Waals surface area contributed by atoms with Gasteiger partial charge in [-0.3, -0.25) is 0 Å². The molecule has 4 heteroatoms. The van der Waals surface area contributed by atoms with Gasteiger partial charge in [-0.1, -0.05) is 18.5 Å². The molecule has 0 radical (unpaired) electrons. The van der Waals surface area contributed by atoms with E-state index in [4.69, 9.17) is 21.6 Å². The number of ether oxygens (including phenoxy) is 1. The molecule has 1 rings (SSSR count). The van der Waals surface area contributed by atoms with Gasteiger partial charge in [0.05, 0.1) is 22.8 Å². The lowest BCUT2D eigenvalue weighted by Gasteiger charge is -2.07. The number of nitriles is 1. The molecule has 0 aliphatic rings. The van der Waals surface area contributed by atoms with Crippen LogP contribution >= 0.6 is 11.6 Å². The van der Waals surface area contributed by atoms with Gasteiger partial charge in [-0.05, 0) is 31.0 Å². The molecule has 0 unspecified atom stereocenters. The average Bonchev–Trinajstić information content (AvgIpc) is 2.28. The van der Waals surface area contributed by atoms with Crippen molar-refractivity contribution in [3.05, 3.63) is 33.8 Å². The second kappa shape index (κ2) is 5.53. The van der Waals surface area contributed by atoms with Crippen molar-refractivity contribution in [1.82, 2.24) is 0 Å². The second-order valence-electron chi connectivity index (χ2n) is 3.19. The van der Waals surface area contributed by atoms with Crippen LogP contribution in [0.4, 0.5) is 0 Å². The first-order valence-electron chi connectivity index (χ1n) is 5.03. The summed E-state index contributed by atoms with van der Waals surface area (Å²) in [7, 11) is 0. The zero-order valence-electron chi connectivity index (χ0n) is 9.21. The molecule has 0 aliphatic heterocycles. The third-order valence-corrected chi connectivity index (χ3v) is 2.46. The molecule has 0 spiro atoms. The van der Waals surface area contributed by atoms with E-state index >= 15 is 0 Å². The molecular formula is C12H12ClNO2. The van der Waals surface area contributed by atoms with Gasteiger partial charge in [0.25, 0.3) is 0 Å². The largest absolute Gasteiger partial charge is 0.462 e. The topological polar surface area (TPSA) is 50.1 Å². The molecule has 0 heterocycles. The molecule has 0 fully saturated rings. The lowest BCUT2D eigenvalue weighted by atomic mass is 10.0. The first kappa shape index (κ1) is 12.5. The Kier molecular flexibility index (Phi) is 4.33. The van der Waals surface area contributed by atoms with Crippen LogP contribution in [0.5, 0.6) is 0 Å². The van der Waals surface area contributed by atoms with Crippen molar-refractivity contribution >= 4 is 17.6 Å². The number of hydrogen-bond donors (Lipinski definition) is 0. The van der Waals surface area contributed by atoms with Crippen LogP contribution in [0.3, 0.4) is 0 Å². The van der Waals surface area contributed by atoms with E-state index in [9.17, 15) is 4.79 Å². The number of halogens is 1. The number of esters is 1. The van der Waals surface area contributed by atoms with Crippen LogP contribution in [0.1, 0.15) is 35.3 Å².